The second-order valence-electron chi connectivity index (χ2n) is 9.14. The van der Waals surface area contributed by atoms with E-state index >= 15 is 0 Å². The molecule has 2 aliphatic rings. The summed E-state index contributed by atoms with van der Waals surface area (Å²) in [4.78, 5) is 36.7. The highest BCUT2D eigenvalue weighted by Gasteiger charge is 2.48. The minimum atomic E-state index is -4.62. The van der Waals surface area contributed by atoms with E-state index in [-0.39, 0.29) is 29.3 Å². The van der Waals surface area contributed by atoms with E-state index in [1.165, 1.54) is 11.1 Å². The number of rotatable bonds is 7. The smallest absolute Gasteiger partial charge is 0.417 e. The zero-order chi connectivity index (χ0) is 27.6. The molecule has 0 saturated carbocycles. The number of aliphatic hydroxyl groups excluding tert-OH is 1. The van der Waals surface area contributed by atoms with E-state index in [1.807, 2.05) is 30.3 Å². The lowest BCUT2D eigenvalue weighted by Crippen LogP contribution is -2.43. The number of carbonyl (C=O) groups is 2. The van der Waals surface area contributed by atoms with Gasteiger partial charge in [-0.15, -0.1) is 0 Å². The summed E-state index contributed by atoms with van der Waals surface area (Å²) in [5, 5.41) is 11.0. The third kappa shape index (κ3) is 5.35. The van der Waals surface area contributed by atoms with E-state index in [2.05, 4.69) is 9.97 Å². The van der Waals surface area contributed by atoms with Crippen LogP contribution in [0.25, 0.3) is 0 Å². The standard InChI is InChI=1S/C28H24F3N3O5/c29-28(30,31)18-8-9-20(33-15-18)24-22(26(36)27(37)34(24)19-10-13-38-14-11-19)25(35)23-21(7-4-12-32-23)39-16-17-5-2-1-3-6-17/h1-9,12,15,19,24,36H,10-11,13-14,16H2/t24-/m0/s1. The molecule has 0 aliphatic carbocycles. The number of halogens is 3. The lowest BCUT2D eigenvalue weighted by Gasteiger charge is -2.36. The molecule has 1 saturated heterocycles. The Morgan fingerprint density at radius 1 is 1.05 bits per heavy atom. The molecule has 3 aromatic rings. The van der Waals surface area contributed by atoms with Gasteiger partial charge in [0.25, 0.3) is 5.91 Å². The fourth-order valence-corrected chi connectivity index (χ4v) is 4.76. The molecule has 0 unspecified atom stereocenters. The first-order valence-electron chi connectivity index (χ1n) is 12.3. The number of ketones is 1. The Kier molecular flexibility index (Phi) is 7.34. The van der Waals surface area contributed by atoms with Crippen molar-refractivity contribution in [1.82, 2.24) is 14.9 Å². The third-order valence-electron chi connectivity index (χ3n) is 6.69. The van der Waals surface area contributed by atoms with Crippen LogP contribution in [0.15, 0.2) is 78.3 Å². The quantitative estimate of drug-likeness (QED) is 0.429. The summed E-state index contributed by atoms with van der Waals surface area (Å²) < 4.78 is 50.9. The highest BCUT2D eigenvalue weighted by molar-refractivity contribution is 6.16. The number of hydrogen-bond acceptors (Lipinski definition) is 7. The predicted molar refractivity (Wildman–Crippen MR) is 132 cm³/mol. The number of nitrogens with zero attached hydrogens (tertiary/aromatic N) is 3. The number of carbonyl (C=O) groups excluding carboxylic acids is 2. The van der Waals surface area contributed by atoms with Gasteiger partial charge in [0.1, 0.15) is 18.4 Å². The number of ether oxygens (including phenoxy) is 2. The van der Waals surface area contributed by atoms with Crippen molar-refractivity contribution in [2.45, 2.75) is 37.7 Å². The van der Waals surface area contributed by atoms with Gasteiger partial charge in [0.05, 0.1) is 16.8 Å². The maximum absolute atomic E-state index is 13.9. The van der Waals surface area contributed by atoms with Crippen LogP contribution in [0.4, 0.5) is 13.2 Å². The maximum atomic E-state index is 13.9. The monoisotopic (exact) mass is 539 g/mol. The number of Topliss-reactive ketones (excluding diaryl/α,β-unsaturated/α-hetero) is 1. The summed E-state index contributed by atoms with van der Waals surface area (Å²) in [6.07, 6.45) is -1.75. The number of aromatic nitrogens is 2. The Labute approximate surface area is 221 Å². The molecule has 2 aliphatic heterocycles. The van der Waals surface area contributed by atoms with Crippen LogP contribution < -0.4 is 4.74 Å². The molecule has 202 valence electrons. The van der Waals surface area contributed by atoms with Gasteiger partial charge in [0.15, 0.2) is 11.5 Å². The first-order chi connectivity index (χ1) is 18.8. The molecule has 1 aromatic carbocycles. The molecule has 0 radical (unpaired) electrons. The molecule has 0 bridgehead atoms. The Bertz CT molecular complexity index is 1390. The molecule has 39 heavy (non-hydrogen) atoms. The first kappa shape index (κ1) is 26.4. The summed E-state index contributed by atoms with van der Waals surface area (Å²) in [5.74, 6) is -2.26. The Balaban J connectivity index is 1.53. The molecular weight excluding hydrogens is 515 g/mol. The van der Waals surface area contributed by atoms with E-state index in [0.29, 0.717) is 32.3 Å². The first-order valence-corrected chi connectivity index (χ1v) is 12.3. The predicted octanol–water partition coefficient (Wildman–Crippen LogP) is 4.83. The van der Waals surface area contributed by atoms with Gasteiger partial charge in [-0.1, -0.05) is 30.3 Å². The van der Waals surface area contributed by atoms with Crippen molar-refractivity contribution in [2.75, 3.05) is 13.2 Å². The normalized spacial score (nSPS) is 18.5. The second-order valence-corrected chi connectivity index (χ2v) is 9.14. The average molecular weight is 540 g/mol. The summed E-state index contributed by atoms with van der Waals surface area (Å²) in [5.41, 5.74) is -0.584. The molecule has 1 N–H and O–H groups in total. The van der Waals surface area contributed by atoms with Crippen molar-refractivity contribution < 1.29 is 37.3 Å². The molecule has 0 spiro atoms. The molecular formula is C28H24F3N3O5. The van der Waals surface area contributed by atoms with Gasteiger partial charge in [-0.05, 0) is 42.7 Å². The van der Waals surface area contributed by atoms with Crippen LogP contribution in [0.1, 0.15) is 46.2 Å². The minimum Gasteiger partial charge on any atom is -0.503 e. The molecule has 11 heteroatoms. The van der Waals surface area contributed by atoms with Crippen molar-refractivity contribution in [3.8, 4) is 5.75 Å². The van der Waals surface area contributed by atoms with Gasteiger partial charge >= 0.3 is 6.18 Å². The van der Waals surface area contributed by atoms with Crippen LogP contribution in [0.5, 0.6) is 5.75 Å². The largest absolute Gasteiger partial charge is 0.503 e. The van der Waals surface area contributed by atoms with Crippen molar-refractivity contribution in [3.63, 3.8) is 0 Å². The van der Waals surface area contributed by atoms with Crippen molar-refractivity contribution in [3.05, 3.63) is 101 Å². The number of hydrogen-bond donors (Lipinski definition) is 1. The highest BCUT2D eigenvalue weighted by Crippen LogP contribution is 2.42. The Hall–Kier alpha value is -4.25. The van der Waals surface area contributed by atoms with Crippen molar-refractivity contribution in [1.29, 1.82) is 0 Å². The van der Waals surface area contributed by atoms with Crippen LogP contribution in [0.2, 0.25) is 0 Å². The van der Waals surface area contributed by atoms with Crippen LogP contribution in [-0.2, 0) is 22.3 Å². The summed E-state index contributed by atoms with van der Waals surface area (Å²) >= 11 is 0. The summed E-state index contributed by atoms with van der Waals surface area (Å²) in [6.45, 7) is 0.835. The lowest BCUT2D eigenvalue weighted by molar-refractivity contribution is -0.138. The highest BCUT2D eigenvalue weighted by atomic mass is 19.4. The van der Waals surface area contributed by atoms with Crippen molar-refractivity contribution in [2.24, 2.45) is 0 Å². The zero-order valence-corrected chi connectivity index (χ0v) is 20.6. The Morgan fingerprint density at radius 3 is 2.46 bits per heavy atom. The fourth-order valence-electron chi connectivity index (χ4n) is 4.76. The van der Waals surface area contributed by atoms with E-state index in [9.17, 15) is 27.9 Å². The number of aliphatic hydroxyl groups is 1. The molecule has 1 amide bonds. The van der Waals surface area contributed by atoms with E-state index in [0.717, 1.165) is 17.7 Å². The van der Waals surface area contributed by atoms with Gasteiger partial charge in [0.2, 0.25) is 5.78 Å². The average Bonchev–Trinajstić information content (AvgIpc) is 3.22. The maximum Gasteiger partial charge on any atom is 0.417 e. The molecule has 4 heterocycles. The Morgan fingerprint density at radius 2 is 1.79 bits per heavy atom. The summed E-state index contributed by atoms with van der Waals surface area (Å²) in [6, 6.07) is 12.7. The lowest BCUT2D eigenvalue weighted by atomic mass is 9.95. The number of amides is 1. The van der Waals surface area contributed by atoms with Gasteiger partial charge < -0.3 is 19.5 Å². The fraction of sp³-hybridized carbons (Fsp3) is 0.286. The van der Waals surface area contributed by atoms with Gasteiger partial charge in [-0.2, -0.15) is 13.2 Å². The van der Waals surface area contributed by atoms with Gasteiger partial charge in [-0.25, -0.2) is 4.98 Å². The molecule has 5 rings (SSSR count). The minimum absolute atomic E-state index is 0.0120. The summed E-state index contributed by atoms with van der Waals surface area (Å²) in [7, 11) is 0. The molecule has 2 aromatic heterocycles. The van der Waals surface area contributed by atoms with E-state index in [4.69, 9.17) is 9.47 Å². The van der Waals surface area contributed by atoms with E-state index < -0.39 is 41.3 Å². The van der Waals surface area contributed by atoms with Crippen LogP contribution in [0, 0.1) is 0 Å². The zero-order valence-electron chi connectivity index (χ0n) is 20.6. The van der Waals surface area contributed by atoms with Crippen molar-refractivity contribution >= 4 is 11.7 Å². The topological polar surface area (TPSA) is 102 Å². The molecule has 8 nitrogen and oxygen atoms in total. The van der Waals surface area contributed by atoms with E-state index in [1.54, 1.807) is 12.1 Å². The van der Waals surface area contributed by atoms with Gasteiger partial charge in [-0.3, -0.25) is 14.6 Å². The SMILES string of the molecule is O=C(C1=C(O)C(=O)N(C2CCOCC2)[C@H]1c1ccc(C(F)(F)F)cn1)c1ncccc1OCc1ccccc1. The second kappa shape index (κ2) is 10.9. The van der Waals surface area contributed by atoms with Crippen LogP contribution in [0.3, 0.4) is 0 Å². The van der Waals surface area contributed by atoms with Gasteiger partial charge in [0, 0.05) is 31.6 Å². The molecule has 1 atom stereocenters. The molecule has 1 fully saturated rings. The van der Waals surface area contributed by atoms with Crippen LogP contribution >= 0.6 is 0 Å². The number of pyridine rings is 2. The third-order valence-corrected chi connectivity index (χ3v) is 6.69. The number of alkyl halides is 3. The number of benzene rings is 1. The van der Waals surface area contributed by atoms with Crippen LogP contribution in [-0.4, -0.2) is 50.9 Å².